The Kier molecular flexibility index (Phi) is 4.63. The number of ether oxygens (including phenoxy) is 2. The fourth-order valence-electron chi connectivity index (χ4n) is 2.53. The van der Waals surface area contributed by atoms with E-state index in [1.165, 1.54) is 0 Å². The van der Waals surface area contributed by atoms with E-state index in [0.717, 1.165) is 11.1 Å². The summed E-state index contributed by atoms with van der Waals surface area (Å²) in [5.74, 6) is -0.414. The highest BCUT2D eigenvalue weighted by atomic mass is 16.6. The minimum atomic E-state index is -0.590. The van der Waals surface area contributed by atoms with Crippen LogP contribution in [0.2, 0.25) is 0 Å². The number of hydrogen-bond donors (Lipinski definition) is 1. The summed E-state index contributed by atoms with van der Waals surface area (Å²) in [6.07, 6.45) is 0.128. The molecule has 1 atom stereocenters. The molecule has 0 spiro atoms. The lowest BCUT2D eigenvalue weighted by molar-refractivity contribution is -0.145. The van der Waals surface area contributed by atoms with Gasteiger partial charge in [0.15, 0.2) is 0 Å². The van der Waals surface area contributed by atoms with Crippen molar-refractivity contribution in [2.24, 2.45) is 0 Å². The van der Waals surface area contributed by atoms with Crippen LogP contribution in [0.3, 0.4) is 0 Å². The van der Waals surface area contributed by atoms with E-state index in [1.807, 2.05) is 38.1 Å². The molecule has 0 saturated carbocycles. The van der Waals surface area contributed by atoms with Crippen LogP contribution in [0.1, 0.15) is 37.4 Å². The monoisotopic (exact) mass is 291 g/mol. The van der Waals surface area contributed by atoms with E-state index in [1.54, 1.807) is 7.11 Å². The van der Waals surface area contributed by atoms with Gasteiger partial charge in [0.05, 0.1) is 24.5 Å². The van der Waals surface area contributed by atoms with Gasteiger partial charge in [-0.15, -0.1) is 0 Å². The molecule has 1 aliphatic rings. The van der Waals surface area contributed by atoms with Gasteiger partial charge in [0.25, 0.3) is 0 Å². The standard InChI is InChI=1S/C16H21NO4/c1-16(2)12-7-5-4-6-11(12)13(17-15(16)19)10-14(18)21-9-8-20-3/h4-7,13H,8-10H2,1-3H3,(H,17,19). The minimum Gasteiger partial charge on any atom is -0.463 e. The van der Waals surface area contributed by atoms with Crippen LogP contribution >= 0.6 is 0 Å². The normalized spacial score (nSPS) is 19.6. The highest BCUT2D eigenvalue weighted by Crippen LogP contribution is 2.36. The Morgan fingerprint density at radius 3 is 2.71 bits per heavy atom. The van der Waals surface area contributed by atoms with E-state index in [2.05, 4.69) is 5.32 Å². The zero-order valence-corrected chi connectivity index (χ0v) is 12.6. The number of carbonyl (C=O) groups excluding carboxylic acids is 2. The van der Waals surface area contributed by atoms with Crippen molar-refractivity contribution in [1.29, 1.82) is 0 Å². The Morgan fingerprint density at radius 2 is 2.00 bits per heavy atom. The zero-order chi connectivity index (χ0) is 15.5. The second-order valence-corrected chi connectivity index (χ2v) is 5.66. The number of amides is 1. The predicted octanol–water partition coefficient (Wildman–Crippen LogP) is 1.71. The van der Waals surface area contributed by atoms with Crippen LogP contribution in [0.4, 0.5) is 0 Å². The molecule has 5 nitrogen and oxygen atoms in total. The van der Waals surface area contributed by atoms with Gasteiger partial charge in [-0.3, -0.25) is 9.59 Å². The third-order valence-corrected chi connectivity index (χ3v) is 3.80. The first-order valence-corrected chi connectivity index (χ1v) is 7.01. The summed E-state index contributed by atoms with van der Waals surface area (Å²) >= 11 is 0. The zero-order valence-electron chi connectivity index (χ0n) is 12.6. The van der Waals surface area contributed by atoms with Crippen molar-refractivity contribution in [2.75, 3.05) is 20.3 Å². The fourth-order valence-corrected chi connectivity index (χ4v) is 2.53. The summed E-state index contributed by atoms with van der Waals surface area (Å²) in [7, 11) is 1.55. The SMILES string of the molecule is COCCOC(=O)CC1NC(=O)C(C)(C)c2ccccc21. The van der Waals surface area contributed by atoms with E-state index in [9.17, 15) is 9.59 Å². The number of benzene rings is 1. The molecule has 1 aliphatic heterocycles. The highest BCUT2D eigenvalue weighted by Gasteiger charge is 2.39. The molecule has 1 aromatic carbocycles. The molecule has 1 N–H and O–H groups in total. The van der Waals surface area contributed by atoms with Crippen molar-refractivity contribution in [3.05, 3.63) is 35.4 Å². The number of fused-ring (bicyclic) bond motifs is 1. The van der Waals surface area contributed by atoms with Gasteiger partial charge >= 0.3 is 5.97 Å². The Balaban J connectivity index is 2.15. The van der Waals surface area contributed by atoms with E-state index >= 15 is 0 Å². The van der Waals surface area contributed by atoms with Crippen molar-refractivity contribution in [2.45, 2.75) is 31.7 Å². The molecular formula is C16H21NO4. The molecular weight excluding hydrogens is 270 g/mol. The summed E-state index contributed by atoms with van der Waals surface area (Å²) in [5, 5.41) is 2.91. The smallest absolute Gasteiger partial charge is 0.308 e. The van der Waals surface area contributed by atoms with E-state index in [0.29, 0.717) is 6.61 Å². The first-order valence-electron chi connectivity index (χ1n) is 7.01. The van der Waals surface area contributed by atoms with Crippen molar-refractivity contribution in [3.63, 3.8) is 0 Å². The van der Waals surface area contributed by atoms with Crippen molar-refractivity contribution in [1.82, 2.24) is 5.32 Å². The molecule has 1 heterocycles. The second-order valence-electron chi connectivity index (χ2n) is 5.66. The molecule has 2 rings (SSSR count). The predicted molar refractivity (Wildman–Crippen MR) is 77.8 cm³/mol. The lowest BCUT2D eigenvalue weighted by atomic mass is 9.75. The number of esters is 1. The lowest BCUT2D eigenvalue weighted by Crippen LogP contribution is -2.47. The van der Waals surface area contributed by atoms with Crippen LogP contribution in [0.25, 0.3) is 0 Å². The first-order chi connectivity index (χ1) is 9.96. The van der Waals surface area contributed by atoms with Gasteiger partial charge < -0.3 is 14.8 Å². The van der Waals surface area contributed by atoms with Crippen LogP contribution in [-0.4, -0.2) is 32.2 Å². The molecule has 1 unspecified atom stereocenters. The van der Waals surface area contributed by atoms with Gasteiger partial charge in [0.1, 0.15) is 6.61 Å². The van der Waals surface area contributed by atoms with Gasteiger partial charge in [0.2, 0.25) is 5.91 Å². The largest absolute Gasteiger partial charge is 0.463 e. The van der Waals surface area contributed by atoms with E-state index in [-0.39, 0.29) is 30.9 Å². The Hall–Kier alpha value is -1.88. The molecule has 1 aromatic rings. The fraction of sp³-hybridized carbons (Fsp3) is 0.500. The van der Waals surface area contributed by atoms with Gasteiger partial charge in [-0.1, -0.05) is 24.3 Å². The average Bonchev–Trinajstić information content (AvgIpc) is 2.45. The maximum Gasteiger partial charge on any atom is 0.308 e. The number of rotatable bonds is 5. The quantitative estimate of drug-likeness (QED) is 0.662. The van der Waals surface area contributed by atoms with Crippen molar-refractivity contribution in [3.8, 4) is 0 Å². The minimum absolute atomic E-state index is 0.0732. The Morgan fingerprint density at radius 1 is 1.29 bits per heavy atom. The van der Waals surface area contributed by atoms with Gasteiger partial charge in [-0.05, 0) is 25.0 Å². The van der Waals surface area contributed by atoms with E-state index in [4.69, 9.17) is 9.47 Å². The molecule has 1 amide bonds. The van der Waals surface area contributed by atoms with Crippen molar-refractivity contribution >= 4 is 11.9 Å². The molecule has 114 valence electrons. The molecule has 0 saturated heterocycles. The molecule has 0 radical (unpaired) electrons. The summed E-state index contributed by atoms with van der Waals surface area (Å²) in [5.41, 5.74) is 1.35. The summed E-state index contributed by atoms with van der Waals surface area (Å²) in [6, 6.07) is 7.38. The third kappa shape index (κ3) is 3.24. The highest BCUT2D eigenvalue weighted by molar-refractivity contribution is 5.90. The Bertz CT molecular complexity index is 539. The molecule has 5 heteroatoms. The number of hydrogen-bond acceptors (Lipinski definition) is 4. The third-order valence-electron chi connectivity index (χ3n) is 3.80. The van der Waals surface area contributed by atoms with Crippen LogP contribution in [-0.2, 0) is 24.5 Å². The molecule has 0 aromatic heterocycles. The summed E-state index contributed by atoms with van der Waals surface area (Å²) in [4.78, 5) is 24.1. The van der Waals surface area contributed by atoms with Gasteiger partial charge in [-0.2, -0.15) is 0 Å². The maximum absolute atomic E-state index is 12.2. The first kappa shape index (κ1) is 15.5. The van der Waals surface area contributed by atoms with Gasteiger partial charge in [0, 0.05) is 7.11 Å². The average molecular weight is 291 g/mol. The summed E-state index contributed by atoms with van der Waals surface area (Å²) in [6.45, 7) is 4.36. The van der Waals surface area contributed by atoms with Crippen LogP contribution < -0.4 is 5.32 Å². The van der Waals surface area contributed by atoms with E-state index < -0.39 is 5.41 Å². The number of methoxy groups -OCH3 is 1. The number of carbonyl (C=O) groups is 2. The van der Waals surface area contributed by atoms with Crippen LogP contribution in [0.5, 0.6) is 0 Å². The van der Waals surface area contributed by atoms with Gasteiger partial charge in [-0.25, -0.2) is 0 Å². The lowest BCUT2D eigenvalue weighted by Gasteiger charge is -2.36. The van der Waals surface area contributed by atoms with Crippen molar-refractivity contribution < 1.29 is 19.1 Å². The molecule has 0 aliphatic carbocycles. The maximum atomic E-state index is 12.2. The topological polar surface area (TPSA) is 64.6 Å². The Labute approximate surface area is 124 Å². The molecule has 0 fully saturated rings. The molecule has 0 bridgehead atoms. The van der Waals surface area contributed by atoms with Crippen LogP contribution in [0, 0.1) is 0 Å². The molecule has 21 heavy (non-hydrogen) atoms. The van der Waals surface area contributed by atoms with Crippen LogP contribution in [0.15, 0.2) is 24.3 Å². The second kappa shape index (κ2) is 6.26. The number of nitrogens with one attached hydrogen (secondary N) is 1. The summed E-state index contributed by atoms with van der Waals surface area (Å²) < 4.78 is 9.91.